The smallest absolute Gasteiger partial charge is 0.295 e. The molecule has 0 bridgehead atoms. The summed E-state index contributed by atoms with van der Waals surface area (Å²) in [6.45, 7) is 3.61. The number of carbonyl (C=O) groups is 1. The Morgan fingerprint density at radius 3 is 2.55 bits per heavy atom. The van der Waals surface area contributed by atoms with Crippen molar-refractivity contribution in [1.29, 1.82) is 0 Å². The molecule has 0 aliphatic rings. The van der Waals surface area contributed by atoms with E-state index in [0.717, 1.165) is 16.7 Å². The number of benzene rings is 2. The lowest BCUT2D eigenvalue weighted by Crippen LogP contribution is -2.27. The van der Waals surface area contributed by atoms with Crippen LogP contribution >= 0.6 is 11.8 Å². The average molecular weight is 407 g/mol. The zero-order chi connectivity index (χ0) is 20.5. The number of hydrogen-bond acceptors (Lipinski definition) is 4. The minimum Gasteiger partial charge on any atom is -0.333 e. The van der Waals surface area contributed by atoms with Gasteiger partial charge in [0.1, 0.15) is 5.69 Å². The van der Waals surface area contributed by atoms with E-state index in [1.54, 1.807) is 23.3 Å². The predicted molar refractivity (Wildman–Crippen MR) is 116 cm³/mol. The largest absolute Gasteiger partial charge is 0.333 e. The van der Waals surface area contributed by atoms with Crippen molar-refractivity contribution in [2.24, 2.45) is 7.05 Å². The molecule has 1 atom stereocenters. The highest BCUT2D eigenvalue weighted by Crippen LogP contribution is 2.24. The quantitative estimate of drug-likeness (QED) is 0.496. The van der Waals surface area contributed by atoms with Crippen LogP contribution in [-0.2, 0) is 11.8 Å². The molecule has 0 saturated carbocycles. The number of para-hydroxylation sites is 3. The maximum atomic E-state index is 12.9. The van der Waals surface area contributed by atoms with E-state index in [-0.39, 0.29) is 11.5 Å². The van der Waals surface area contributed by atoms with Gasteiger partial charge < -0.3 is 10.3 Å². The number of nitrogens with one attached hydrogen (secondary N) is 2. The lowest BCUT2D eigenvalue weighted by Gasteiger charge is -2.09. The van der Waals surface area contributed by atoms with Crippen LogP contribution in [0.4, 0.5) is 5.69 Å². The Bertz CT molecular complexity index is 1210. The maximum absolute atomic E-state index is 12.9. The molecule has 0 radical (unpaired) electrons. The van der Waals surface area contributed by atoms with Gasteiger partial charge in [0.25, 0.3) is 5.56 Å². The van der Waals surface area contributed by atoms with Crippen molar-refractivity contribution in [2.45, 2.75) is 24.3 Å². The first-order valence-electron chi connectivity index (χ1n) is 9.22. The topological polar surface area (TPSA) is 84.7 Å². The first kappa shape index (κ1) is 19.1. The highest BCUT2D eigenvalue weighted by molar-refractivity contribution is 8.00. The van der Waals surface area contributed by atoms with Crippen LogP contribution in [0.15, 0.2) is 64.5 Å². The third kappa shape index (κ3) is 3.58. The number of carbonyl (C=O) groups excluding carboxylic acids is 1. The fraction of sp³-hybridized carbons (Fsp3) is 0.190. The van der Waals surface area contributed by atoms with Crippen molar-refractivity contribution in [3.63, 3.8) is 0 Å². The van der Waals surface area contributed by atoms with Gasteiger partial charge in [0.05, 0.1) is 27.7 Å². The normalized spacial score (nSPS) is 12.2. The van der Waals surface area contributed by atoms with Crippen LogP contribution in [0, 0.1) is 6.92 Å². The molecular formula is C21H21N5O2S. The molecule has 0 saturated heterocycles. The number of amides is 1. The van der Waals surface area contributed by atoms with E-state index in [9.17, 15) is 9.59 Å². The van der Waals surface area contributed by atoms with Crippen molar-refractivity contribution < 1.29 is 4.79 Å². The summed E-state index contributed by atoms with van der Waals surface area (Å²) in [7, 11) is 1.80. The number of nitrogens with zero attached hydrogens (tertiary/aromatic N) is 3. The summed E-state index contributed by atoms with van der Waals surface area (Å²) in [4.78, 5) is 33.4. The van der Waals surface area contributed by atoms with Gasteiger partial charge in [-0.25, -0.2) is 9.67 Å². The maximum Gasteiger partial charge on any atom is 0.295 e. The van der Waals surface area contributed by atoms with Gasteiger partial charge in [0, 0.05) is 7.05 Å². The molecule has 8 heteroatoms. The molecule has 2 N–H and O–H groups in total. The van der Waals surface area contributed by atoms with Gasteiger partial charge in [0.15, 0.2) is 5.16 Å². The van der Waals surface area contributed by atoms with Gasteiger partial charge >= 0.3 is 0 Å². The molecule has 2 aromatic carbocycles. The zero-order valence-corrected chi connectivity index (χ0v) is 17.2. The summed E-state index contributed by atoms with van der Waals surface area (Å²) >= 11 is 1.32. The minimum atomic E-state index is -0.431. The van der Waals surface area contributed by atoms with Crippen LogP contribution in [-0.4, -0.2) is 30.5 Å². The van der Waals surface area contributed by atoms with Crippen LogP contribution in [0.5, 0.6) is 0 Å². The number of fused-ring (bicyclic) bond motifs is 1. The number of anilines is 1. The second-order valence-electron chi connectivity index (χ2n) is 6.74. The number of hydrogen-bond donors (Lipinski definition) is 2. The van der Waals surface area contributed by atoms with Crippen molar-refractivity contribution >= 4 is 34.4 Å². The second-order valence-corrected chi connectivity index (χ2v) is 8.07. The van der Waals surface area contributed by atoms with Crippen molar-refractivity contribution in [1.82, 2.24) is 19.3 Å². The molecule has 1 amide bonds. The Balaban J connectivity index is 1.55. The molecule has 0 aliphatic heterocycles. The standard InChI is InChI=1S/C21H21N5O2S/c1-13-18(20(28)26(25(13)3)15-9-5-4-6-10-15)24-19(27)14(2)29-21-22-16-11-7-8-12-17(16)23-21/h4-12,14H,1-3H3,(H,22,23)(H,24,27)/t14-/m1/s1. The fourth-order valence-electron chi connectivity index (χ4n) is 3.14. The van der Waals surface area contributed by atoms with Gasteiger partial charge in [-0.05, 0) is 38.1 Å². The van der Waals surface area contributed by atoms with Crippen molar-refractivity contribution in [3.05, 3.63) is 70.6 Å². The summed E-state index contributed by atoms with van der Waals surface area (Å²) in [6, 6.07) is 17.0. The number of H-pyrrole nitrogens is 1. The van der Waals surface area contributed by atoms with E-state index in [4.69, 9.17) is 0 Å². The molecule has 148 valence electrons. The predicted octanol–water partition coefficient (Wildman–Crippen LogP) is 3.48. The molecule has 2 heterocycles. The third-order valence-electron chi connectivity index (χ3n) is 4.83. The number of aromatic nitrogens is 4. The summed E-state index contributed by atoms with van der Waals surface area (Å²) in [5, 5.41) is 3.04. The Kier molecular flexibility index (Phi) is 5.02. The van der Waals surface area contributed by atoms with Crippen LogP contribution in [0.25, 0.3) is 16.7 Å². The molecule has 29 heavy (non-hydrogen) atoms. The van der Waals surface area contributed by atoms with E-state index in [0.29, 0.717) is 16.5 Å². The summed E-state index contributed by atoms with van der Waals surface area (Å²) in [5.74, 6) is -0.249. The van der Waals surface area contributed by atoms with Crippen LogP contribution in [0.1, 0.15) is 12.6 Å². The Morgan fingerprint density at radius 1 is 1.14 bits per heavy atom. The zero-order valence-electron chi connectivity index (χ0n) is 16.3. The average Bonchev–Trinajstić information content (AvgIpc) is 3.22. The summed E-state index contributed by atoms with van der Waals surface area (Å²) in [6.07, 6.45) is 0. The third-order valence-corrected chi connectivity index (χ3v) is 5.81. The molecule has 0 fully saturated rings. The van der Waals surface area contributed by atoms with Crippen LogP contribution < -0.4 is 10.9 Å². The van der Waals surface area contributed by atoms with E-state index < -0.39 is 5.25 Å². The molecule has 4 aromatic rings. The molecule has 0 unspecified atom stereocenters. The first-order chi connectivity index (χ1) is 14.0. The summed E-state index contributed by atoms with van der Waals surface area (Å²) < 4.78 is 3.28. The van der Waals surface area contributed by atoms with Gasteiger partial charge in [-0.3, -0.25) is 14.3 Å². The lowest BCUT2D eigenvalue weighted by molar-refractivity contribution is -0.115. The van der Waals surface area contributed by atoms with Gasteiger partial charge in [-0.15, -0.1) is 0 Å². The highest BCUT2D eigenvalue weighted by Gasteiger charge is 2.22. The van der Waals surface area contributed by atoms with Gasteiger partial charge in [-0.1, -0.05) is 42.1 Å². The number of imidazole rings is 1. The van der Waals surface area contributed by atoms with Gasteiger partial charge in [-0.2, -0.15) is 0 Å². The Morgan fingerprint density at radius 2 is 1.83 bits per heavy atom. The molecule has 7 nitrogen and oxygen atoms in total. The molecule has 2 aromatic heterocycles. The van der Waals surface area contributed by atoms with Crippen molar-refractivity contribution in [2.75, 3.05) is 5.32 Å². The number of aromatic amines is 1. The monoisotopic (exact) mass is 407 g/mol. The number of rotatable bonds is 5. The van der Waals surface area contributed by atoms with E-state index in [1.807, 2.05) is 61.5 Å². The van der Waals surface area contributed by atoms with Gasteiger partial charge in [0.2, 0.25) is 5.91 Å². The first-order valence-corrected chi connectivity index (χ1v) is 10.1. The highest BCUT2D eigenvalue weighted by atomic mass is 32.2. The molecule has 4 rings (SSSR count). The second kappa shape index (κ2) is 7.63. The summed E-state index contributed by atoms with van der Waals surface area (Å²) in [5.41, 5.74) is 3.24. The van der Waals surface area contributed by atoms with Crippen LogP contribution in [0.2, 0.25) is 0 Å². The SMILES string of the molecule is Cc1c(NC(=O)[C@@H](C)Sc2nc3ccccc3[nH]2)c(=O)n(-c2ccccc2)n1C. The molecular weight excluding hydrogens is 386 g/mol. The molecule has 0 spiro atoms. The van der Waals surface area contributed by atoms with Crippen molar-refractivity contribution in [3.8, 4) is 5.69 Å². The minimum absolute atomic E-state index is 0.249. The molecule has 0 aliphatic carbocycles. The Hall–Kier alpha value is -3.26. The van der Waals surface area contributed by atoms with E-state index in [1.165, 1.54) is 11.8 Å². The van der Waals surface area contributed by atoms with Crippen LogP contribution in [0.3, 0.4) is 0 Å². The van der Waals surface area contributed by atoms with E-state index >= 15 is 0 Å². The lowest BCUT2D eigenvalue weighted by atomic mass is 10.3. The number of thioether (sulfide) groups is 1. The van der Waals surface area contributed by atoms with E-state index in [2.05, 4.69) is 15.3 Å². The fourth-order valence-corrected chi connectivity index (χ4v) is 3.96. The Labute approximate surface area is 171 Å².